The normalized spacial score (nSPS) is 10.5. The topological polar surface area (TPSA) is 134 Å². The minimum Gasteiger partial charge on any atom is -0.457 e. The van der Waals surface area contributed by atoms with Crippen molar-refractivity contribution in [1.29, 1.82) is 5.41 Å². The molecule has 0 aliphatic carbocycles. The summed E-state index contributed by atoms with van der Waals surface area (Å²) in [7, 11) is 0. The molecule has 214 valence electrons. The zero-order valence-corrected chi connectivity index (χ0v) is 23.5. The van der Waals surface area contributed by atoms with Crippen molar-refractivity contribution >= 4 is 29.3 Å². The van der Waals surface area contributed by atoms with E-state index in [4.69, 9.17) is 15.9 Å². The third kappa shape index (κ3) is 7.69. The first-order chi connectivity index (χ1) is 20.4. The number of nitrogens with two attached hydrogens (primary N) is 1. The predicted octanol–water partition coefficient (Wildman–Crippen LogP) is 6.17. The van der Waals surface area contributed by atoms with Crippen molar-refractivity contribution in [2.45, 2.75) is 32.8 Å². The average Bonchev–Trinajstić information content (AvgIpc) is 3.02. The Morgan fingerprint density at radius 2 is 1.43 bits per heavy atom. The Labute approximate surface area is 245 Å². The summed E-state index contributed by atoms with van der Waals surface area (Å²) in [5.41, 5.74) is 9.25. The number of amidine groups is 1. The van der Waals surface area contributed by atoms with Gasteiger partial charge < -0.3 is 21.1 Å². The van der Waals surface area contributed by atoms with E-state index >= 15 is 0 Å². The Kier molecular flexibility index (Phi) is 10.2. The molecule has 0 saturated heterocycles. The number of rotatable bonds is 12. The van der Waals surface area contributed by atoms with Gasteiger partial charge in [-0.1, -0.05) is 74.4 Å². The summed E-state index contributed by atoms with van der Waals surface area (Å²) < 4.78 is 5.65. The smallest absolute Gasteiger partial charge is 0.339 e. The molecule has 0 atom stereocenters. The van der Waals surface area contributed by atoms with Crippen LogP contribution < -0.4 is 16.4 Å². The molecule has 4 rings (SSSR count). The second kappa shape index (κ2) is 14.4. The van der Waals surface area contributed by atoms with Crippen LogP contribution in [-0.4, -0.2) is 30.2 Å². The van der Waals surface area contributed by atoms with Crippen LogP contribution in [0.5, 0.6) is 0 Å². The number of hydrogen-bond acceptors (Lipinski definition) is 5. The molecule has 0 aliphatic heterocycles. The highest BCUT2D eigenvalue weighted by Gasteiger charge is 2.21. The van der Waals surface area contributed by atoms with Crippen LogP contribution in [0.3, 0.4) is 0 Å². The number of anilines is 1. The number of amides is 2. The van der Waals surface area contributed by atoms with Gasteiger partial charge in [-0.3, -0.25) is 15.0 Å². The summed E-state index contributed by atoms with van der Waals surface area (Å²) in [6.45, 7) is 2.69. The van der Waals surface area contributed by atoms with Gasteiger partial charge in [0.15, 0.2) is 0 Å². The number of ether oxygens (including phenoxy) is 1. The van der Waals surface area contributed by atoms with Gasteiger partial charge in [0.05, 0.1) is 5.56 Å². The van der Waals surface area contributed by atoms with E-state index in [0.29, 0.717) is 40.0 Å². The molecule has 4 aromatic rings. The van der Waals surface area contributed by atoms with Crippen LogP contribution in [0.15, 0.2) is 97.1 Å². The molecule has 4 aromatic carbocycles. The van der Waals surface area contributed by atoms with Gasteiger partial charge in [-0.15, -0.1) is 0 Å². The minimum absolute atomic E-state index is 0.0605. The van der Waals surface area contributed by atoms with Crippen molar-refractivity contribution in [3.8, 4) is 11.1 Å². The number of hydrogen-bond donors (Lipinski definition) is 4. The van der Waals surface area contributed by atoms with Gasteiger partial charge in [-0.25, -0.2) is 4.79 Å². The highest BCUT2D eigenvalue weighted by atomic mass is 16.5. The molecule has 8 heteroatoms. The van der Waals surface area contributed by atoms with E-state index < -0.39 is 5.97 Å². The maximum Gasteiger partial charge on any atom is 0.339 e. The number of esters is 1. The zero-order valence-electron chi connectivity index (χ0n) is 23.5. The maximum atomic E-state index is 13.5. The second-order valence-corrected chi connectivity index (χ2v) is 9.78. The highest BCUT2D eigenvalue weighted by Crippen LogP contribution is 2.30. The molecule has 0 fully saturated rings. The zero-order chi connectivity index (χ0) is 29.9. The third-order valence-electron chi connectivity index (χ3n) is 6.70. The summed E-state index contributed by atoms with van der Waals surface area (Å²) in [4.78, 5) is 39.8. The first-order valence-electron chi connectivity index (χ1n) is 13.9. The minimum atomic E-state index is -0.607. The van der Waals surface area contributed by atoms with E-state index in [0.717, 1.165) is 24.8 Å². The van der Waals surface area contributed by atoms with E-state index in [1.807, 2.05) is 30.3 Å². The fraction of sp³-hybridized carbons (Fsp3) is 0.176. The van der Waals surface area contributed by atoms with Crippen LogP contribution >= 0.6 is 0 Å². The van der Waals surface area contributed by atoms with Crippen LogP contribution in [0, 0.1) is 5.41 Å². The number of carbonyl (C=O) groups excluding carboxylic acids is 3. The van der Waals surface area contributed by atoms with Gasteiger partial charge in [0.25, 0.3) is 11.8 Å². The van der Waals surface area contributed by atoms with E-state index in [9.17, 15) is 14.4 Å². The second-order valence-electron chi connectivity index (χ2n) is 9.78. The number of nitrogens with one attached hydrogen (secondary N) is 3. The Morgan fingerprint density at radius 1 is 0.762 bits per heavy atom. The third-order valence-corrected chi connectivity index (χ3v) is 6.70. The van der Waals surface area contributed by atoms with Crippen LogP contribution in [0.2, 0.25) is 0 Å². The number of unbranched alkanes of at least 4 members (excludes halogenated alkanes) is 2. The quantitative estimate of drug-likeness (QED) is 0.0709. The van der Waals surface area contributed by atoms with Crippen molar-refractivity contribution in [3.63, 3.8) is 0 Å². The number of nitrogen functional groups attached to an aromatic ring is 1. The van der Waals surface area contributed by atoms with Crippen molar-refractivity contribution in [2.24, 2.45) is 5.73 Å². The van der Waals surface area contributed by atoms with Crippen LogP contribution in [0.4, 0.5) is 5.69 Å². The molecule has 0 bridgehead atoms. The average molecular weight is 563 g/mol. The van der Waals surface area contributed by atoms with Crippen LogP contribution in [0.25, 0.3) is 11.1 Å². The molecule has 0 radical (unpaired) electrons. The Hall–Kier alpha value is -5.24. The number of benzene rings is 4. The van der Waals surface area contributed by atoms with Crippen molar-refractivity contribution < 1.29 is 19.1 Å². The van der Waals surface area contributed by atoms with E-state index in [-0.39, 0.29) is 29.8 Å². The summed E-state index contributed by atoms with van der Waals surface area (Å²) in [5.74, 6) is -1.34. The standard InChI is InChI=1S/C34H34N4O4/c1-2-3-9-20-37-32(39)25-16-19-28(30(21-25)34(41)42-22-23-10-5-4-6-11-23)27-12-7-8-13-29(27)33(40)38-26-17-14-24(15-18-26)31(35)36/h4-8,10-19,21H,2-3,9,20,22H2,1H3,(H3,35,36)(H,37,39)(H,38,40). The molecular weight excluding hydrogens is 528 g/mol. The molecule has 0 spiro atoms. The Morgan fingerprint density at radius 3 is 2.14 bits per heavy atom. The predicted molar refractivity (Wildman–Crippen MR) is 165 cm³/mol. The first kappa shape index (κ1) is 29.7. The molecule has 2 amide bonds. The molecule has 8 nitrogen and oxygen atoms in total. The van der Waals surface area contributed by atoms with E-state index in [1.54, 1.807) is 60.7 Å². The summed E-state index contributed by atoms with van der Waals surface area (Å²) >= 11 is 0. The lowest BCUT2D eigenvalue weighted by Crippen LogP contribution is -2.25. The molecule has 0 heterocycles. The van der Waals surface area contributed by atoms with Crippen molar-refractivity contribution in [3.05, 3.63) is 125 Å². The van der Waals surface area contributed by atoms with Crippen LogP contribution in [-0.2, 0) is 11.3 Å². The Balaban J connectivity index is 1.66. The lowest BCUT2D eigenvalue weighted by molar-refractivity contribution is 0.0473. The molecule has 0 saturated carbocycles. The lowest BCUT2D eigenvalue weighted by Gasteiger charge is -2.15. The number of carbonyl (C=O) groups is 3. The van der Waals surface area contributed by atoms with Crippen molar-refractivity contribution in [2.75, 3.05) is 11.9 Å². The van der Waals surface area contributed by atoms with E-state index in [1.165, 1.54) is 6.07 Å². The van der Waals surface area contributed by atoms with Gasteiger partial charge in [-0.05, 0) is 65.6 Å². The van der Waals surface area contributed by atoms with Gasteiger partial charge in [0, 0.05) is 28.9 Å². The Bertz CT molecular complexity index is 1570. The van der Waals surface area contributed by atoms with Crippen LogP contribution in [0.1, 0.15) is 68.4 Å². The fourth-order valence-corrected chi connectivity index (χ4v) is 4.42. The molecule has 0 aromatic heterocycles. The summed E-state index contributed by atoms with van der Waals surface area (Å²) in [6, 6.07) is 27.7. The SMILES string of the molecule is CCCCCNC(=O)c1ccc(-c2ccccc2C(=O)Nc2ccc(C(=N)N)cc2)c(C(=O)OCc2ccccc2)c1. The first-order valence-corrected chi connectivity index (χ1v) is 13.9. The molecule has 0 aliphatic rings. The molecule has 5 N–H and O–H groups in total. The van der Waals surface area contributed by atoms with Gasteiger partial charge in [0.2, 0.25) is 0 Å². The van der Waals surface area contributed by atoms with Gasteiger partial charge >= 0.3 is 5.97 Å². The molecular formula is C34H34N4O4. The van der Waals surface area contributed by atoms with Gasteiger partial charge in [-0.2, -0.15) is 0 Å². The largest absolute Gasteiger partial charge is 0.457 e. The fourth-order valence-electron chi connectivity index (χ4n) is 4.42. The summed E-state index contributed by atoms with van der Waals surface area (Å²) in [5, 5.41) is 13.3. The lowest BCUT2D eigenvalue weighted by atomic mass is 9.93. The maximum absolute atomic E-state index is 13.5. The monoisotopic (exact) mass is 562 g/mol. The summed E-state index contributed by atoms with van der Waals surface area (Å²) in [6.07, 6.45) is 2.92. The van der Waals surface area contributed by atoms with Gasteiger partial charge in [0.1, 0.15) is 12.4 Å². The van der Waals surface area contributed by atoms with E-state index in [2.05, 4.69) is 17.6 Å². The molecule has 42 heavy (non-hydrogen) atoms. The molecule has 0 unspecified atom stereocenters. The van der Waals surface area contributed by atoms with Crippen molar-refractivity contribution in [1.82, 2.24) is 5.32 Å². The highest BCUT2D eigenvalue weighted by molar-refractivity contribution is 6.11.